The van der Waals surface area contributed by atoms with Gasteiger partial charge < -0.3 is 0 Å². The number of aryl methyl sites for hydroxylation is 1. The van der Waals surface area contributed by atoms with Gasteiger partial charge in [-0.3, -0.25) is 4.68 Å². The largest absolute Gasteiger partial charge is 0.250 e. The lowest BCUT2D eigenvalue weighted by Gasteiger charge is -2.30. The second-order valence-electron chi connectivity index (χ2n) is 5.13. The summed E-state index contributed by atoms with van der Waals surface area (Å²) in [5.74, 6) is 1.04. The molecular formula is C15H18Br3N3. The number of nitrogens with zero attached hydrogens (tertiary/aromatic N) is 3. The minimum absolute atomic E-state index is 0.0285. The Morgan fingerprint density at radius 1 is 1.14 bits per heavy atom. The van der Waals surface area contributed by atoms with Crippen molar-refractivity contribution in [3.05, 3.63) is 46.5 Å². The summed E-state index contributed by atoms with van der Waals surface area (Å²) in [7, 11) is 0. The highest BCUT2D eigenvalue weighted by Crippen LogP contribution is 2.33. The van der Waals surface area contributed by atoms with Crippen molar-refractivity contribution in [3.63, 3.8) is 0 Å². The van der Waals surface area contributed by atoms with E-state index in [-0.39, 0.29) is 5.41 Å². The summed E-state index contributed by atoms with van der Waals surface area (Å²) in [4.78, 5) is 4.46. The van der Waals surface area contributed by atoms with E-state index in [1.165, 1.54) is 5.56 Å². The Kier molecular flexibility index (Phi) is 6.44. The second kappa shape index (κ2) is 7.88. The van der Waals surface area contributed by atoms with E-state index in [2.05, 4.69) is 89.1 Å². The van der Waals surface area contributed by atoms with E-state index < -0.39 is 0 Å². The molecule has 0 aliphatic carbocycles. The average molecular weight is 480 g/mol. The number of alkyl halides is 2. The van der Waals surface area contributed by atoms with Gasteiger partial charge in [0, 0.05) is 33.5 Å². The molecular weight excluding hydrogens is 462 g/mol. The van der Waals surface area contributed by atoms with Crippen LogP contribution in [0.5, 0.6) is 0 Å². The third-order valence-electron chi connectivity index (χ3n) is 3.60. The molecule has 0 unspecified atom stereocenters. The van der Waals surface area contributed by atoms with Crippen LogP contribution >= 0.6 is 47.8 Å². The quantitative estimate of drug-likeness (QED) is 0.538. The molecule has 0 spiro atoms. The molecule has 0 atom stereocenters. The SMILES string of the molecule is CCCn1ncnc1CC(CBr)(CBr)c1ccc(Br)cc1. The topological polar surface area (TPSA) is 30.7 Å². The van der Waals surface area contributed by atoms with E-state index in [0.29, 0.717) is 0 Å². The molecule has 0 saturated carbocycles. The van der Waals surface area contributed by atoms with Crippen molar-refractivity contribution in [1.29, 1.82) is 0 Å². The van der Waals surface area contributed by atoms with Crippen LogP contribution in [0.2, 0.25) is 0 Å². The van der Waals surface area contributed by atoms with Crippen molar-refractivity contribution in [1.82, 2.24) is 14.8 Å². The highest BCUT2D eigenvalue weighted by Gasteiger charge is 2.32. The van der Waals surface area contributed by atoms with Crippen molar-refractivity contribution in [3.8, 4) is 0 Å². The first-order valence-electron chi connectivity index (χ1n) is 6.90. The van der Waals surface area contributed by atoms with Crippen molar-refractivity contribution < 1.29 is 0 Å². The lowest BCUT2D eigenvalue weighted by Crippen LogP contribution is -2.34. The van der Waals surface area contributed by atoms with Gasteiger partial charge in [0.2, 0.25) is 0 Å². The molecule has 2 aromatic rings. The molecule has 114 valence electrons. The molecule has 2 rings (SSSR count). The summed E-state index contributed by atoms with van der Waals surface area (Å²) >= 11 is 10.9. The molecule has 0 radical (unpaired) electrons. The monoisotopic (exact) mass is 477 g/mol. The van der Waals surface area contributed by atoms with Crippen molar-refractivity contribution in [2.75, 3.05) is 10.7 Å². The van der Waals surface area contributed by atoms with Gasteiger partial charge >= 0.3 is 0 Å². The summed E-state index contributed by atoms with van der Waals surface area (Å²) in [5.41, 5.74) is 1.27. The fourth-order valence-corrected chi connectivity index (χ4v) is 4.55. The van der Waals surface area contributed by atoms with Gasteiger partial charge in [0.05, 0.1) is 0 Å². The van der Waals surface area contributed by atoms with Crippen LogP contribution in [-0.2, 0) is 18.4 Å². The Balaban J connectivity index is 2.33. The minimum atomic E-state index is -0.0285. The summed E-state index contributed by atoms with van der Waals surface area (Å²) in [6.07, 6.45) is 3.56. The number of halogens is 3. The van der Waals surface area contributed by atoms with Gasteiger partial charge in [0.25, 0.3) is 0 Å². The van der Waals surface area contributed by atoms with Gasteiger partial charge in [0.1, 0.15) is 12.2 Å². The Bertz CT molecular complexity index is 562. The molecule has 0 bridgehead atoms. The molecule has 0 fully saturated rings. The highest BCUT2D eigenvalue weighted by atomic mass is 79.9. The fourth-order valence-electron chi connectivity index (χ4n) is 2.32. The summed E-state index contributed by atoms with van der Waals surface area (Å²) < 4.78 is 3.11. The minimum Gasteiger partial charge on any atom is -0.250 e. The zero-order valence-electron chi connectivity index (χ0n) is 11.9. The normalized spacial score (nSPS) is 11.8. The summed E-state index contributed by atoms with van der Waals surface area (Å²) in [6, 6.07) is 8.53. The van der Waals surface area contributed by atoms with Crippen LogP contribution < -0.4 is 0 Å². The van der Waals surface area contributed by atoms with E-state index in [1.807, 2.05) is 4.68 Å². The van der Waals surface area contributed by atoms with Gasteiger partial charge in [-0.2, -0.15) is 5.10 Å². The molecule has 0 saturated heterocycles. The van der Waals surface area contributed by atoms with Crippen molar-refractivity contribution >= 4 is 47.8 Å². The molecule has 1 aromatic carbocycles. The molecule has 3 nitrogen and oxygen atoms in total. The summed E-state index contributed by atoms with van der Waals surface area (Å²) in [5, 5.41) is 6.07. The molecule has 1 aromatic heterocycles. The molecule has 0 amide bonds. The maximum atomic E-state index is 4.46. The number of hydrogen-bond donors (Lipinski definition) is 0. The standard InChI is InChI=1S/C15H18Br3N3/c1-2-7-21-14(19-11-20-21)8-15(9-16,10-17)12-3-5-13(18)6-4-12/h3-6,11H,2,7-10H2,1H3. The van der Waals surface area contributed by atoms with Gasteiger partial charge in [-0.25, -0.2) is 4.98 Å². The molecule has 6 heteroatoms. The number of rotatable bonds is 7. The van der Waals surface area contributed by atoms with Crippen LogP contribution in [0, 0.1) is 0 Å². The Labute approximate surface area is 150 Å². The zero-order chi connectivity index (χ0) is 15.3. The highest BCUT2D eigenvalue weighted by molar-refractivity contribution is 9.10. The molecule has 0 N–H and O–H groups in total. The smallest absolute Gasteiger partial charge is 0.138 e. The Morgan fingerprint density at radius 3 is 2.38 bits per heavy atom. The molecule has 1 heterocycles. The number of benzene rings is 1. The first kappa shape index (κ1) is 17.2. The van der Waals surface area contributed by atoms with E-state index in [9.17, 15) is 0 Å². The maximum absolute atomic E-state index is 4.46. The van der Waals surface area contributed by atoms with E-state index >= 15 is 0 Å². The van der Waals surface area contributed by atoms with Gasteiger partial charge in [-0.05, 0) is 24.1 Å². The van der Waals surface area contributed by atoms with Gasteiger partial charge in [-0.1, -0.05) is 66.8 Å². The lowest BCUT2D eigenvalue weighted by atomic mass is 9.81. The summed E-state index contributed by atoms with van der Waals surface area (Å²) in [6.45, 7) is 3.07. The zero-order valence-corrected chi connectivity index (χ0v) is 16.7. The van der Waals surface area contributed by atoms with Crippen LogP contribution in [0.3, 0.4) is 0 Å². The van der Waals surface area contributed by atoms with Crippen LogP contribution in [0.4, 0.5) is 0 Å². The number of aromatic nitrogens is 3. The first-order chi connectivity index (χ1) is 10.1. The van der Waals surface area contributed by atoms with Crippen LogP contribution in [0.25, 0.3) is 0 Å². The molecule has 21 heavy (non-hydrogen) atoms. The molecule has 0 aliphatic heterocycles. The Morgan fingerprint density at radius 2 is 1.81 bits per heavy atom. The fraction of sp³-hybridized carbons (Fsp3) is 0.467. The third kappa shape index (κ3) is 3.96. The van der Waals surface area contributed by atoms with E-state index in [0.717, 1.165) is 40.3 Å². The first-order valence-corrected chi connectivity index (χ1v) is 9.93. The van der Waals surface area contributed by atoms with Gasteiger partial charge in [-0.15, -0.1) is 0 Å². The second-order valence-corrected chi connectivity index (χ2v) is 7.17. The van der Waals surface area contributed by atoms with Crippen LogP contribution in [0.1, 0.15) is 24.7 Å². The third-order valence-corrected chi connectivity index (χ3v) is 6.27. The number of hydrogen-bond acceptors (Lipinski definition) is 2. The van der Waals surface area contributed by atoms with Crippen molar-refractivity contribution in [2.45, 2.75) is 31.7 Å². The van der Waals surface area contributed by atoms with Crippen LogP contribution in [-0.4, -0.2) is 25.4 Å². The predicted octanol–water partition coefficient (Wildman–Crippen LogP) is 4.72. The Hall–Kier alpha value is -0.200. The van der Waals surface area contributed by atoms with E-state index in [1.54, 1.807) is 6.33 Å². The van der Waals surface area contributed by atoms with Crippen LogP contribution in [0.15, 0.2) is 35.1 Å². The average Bonchev–Trinajstić information content (AvgIpc) is 2.93. The predicted molar refractivity (Wildman–Crippen MR) is 97.4 cm³/mol. The maximum Gasteiger partial charge on any atom is 0.138 e. The molecule has 0 aliphatic rings. The van der Waals surface area contributed by atoms with E-state index in [4.69, 9.17) is 0 Å². The lowest BCUT2D eigenvalue weighted by molar-refractivity contribution is 0.489. The van der Waals surface area contributed by atoms with Gasteiger partial charge in [0.15, 0.2) is 0 Å². The van der Waals surface area contributed by atoms with Crippen molar-refractivity contribution in [2.24, 2.45) is 0 Å².